The van der Waals surface area contributed by atoms with Gasteiger partial charge < -0.3 is 14.5 Å². The van der Waals surface area contributed by atoms with Gasteiger partial charge in [0, 0.05) is 51.8 Å². The highest BCUT2D eigenvalue weighted by Gasteiger charge is 2.22. The lowest BCUT2D eigenvalue weighted by molar-refractivity contribution is 0.152. The smallest absolute Gasteiger partial charge is 0.129 e. The Labute approximate surface area is 156 Å². The summed E-state index contributed by atoms with van der Waals surface area (Å²) in [5.41, 5.74) is 2.48. The van der Waals surface area contributed by atoms with Crippen molar-refractivity contribution in [3.63, 3.8) is 0 Å². The number of pyridine rings is 1. The van der Waals surface area contributed by atoms with Gasteiger partial charge in [-0.05, 0) is 55.8 Å². The molecule has 0 bridgehead atoms. The second-order valence-electron chi connectivity index (χ2n) is 7.83. The summed E-state index contributed by atoms with van der Waals surface area (Å²) < 4.78 is 5.31. The SMILES string of the molecule is COCC1CCN(Cc2ccc3nc(N4CCN(C)CC4)ccc3c2)C1. The van der Waals surface area contributed by atoms with Crippen molar-refractivity contribution < 1.29 is 4.74 Å². The highest BCUT2D eigenvalue weighted by molar-refractivity contribution is 5.81. The molecule has 1 aromatic carbocycles. The Morgan fingerprint density at radius 2 is 1.92 bits per heavy atom. The Balaban J connectivity index is 1.44. The van der Waals surface area contributed by atoms with E-state index in [-0.39, 0.29) is 0 Å². The van der Waals surface area contributed by atoms with E-state index in [2.05, 4.69) is 52.1 Å². The number of rotatable bonds is 5. The van der Waals surface area contributed by atoms with Crippen LogP contribution in [0.2, 0.25) is 0 Å². The molecule has 0 aliphatic carbocycles. The lowest BCUT2D eigenvalue weighted by Gasteiger charge is -2.33. The number of benzene rings is 1. The first-order valence-corrected chi connectivity index (χ1v) is 9.76. The molecule has 2 saturated heterocycles. The first kappa shape index (κ1) is 17.7. The van der Waals surface area contributed by atoms with E-state index in [9.17, 15) is 0 Å². The number of ether oxygens (including phenoxy) is 1. The molecule has 0 amide bonds. The maximum atomic E-state index is 5.31. The zero-order chi connectivity index (χ0) is 17.9. The quantitative estimate of drug-likeness (QED) is 0.823. The molecule has 0 saturated carbocycles. The first-order valence-electron chi connectivity index (χ1n) is 9.76. The second kappa shape index (κ2) is 7.91. The first-order chi connectivity index (χ1) is 12.7. The molecule has 2 aromatic rings. The Morgan fingerprint density at radius 3 is 2.73 bits per heavy atom. The molecule has 140 valence electrons. The molecule has 0 N–H and O–H groups in total. The summed E-state index contributed by atoms with van der Waals surface area (Å²) >= 11 is 0. The van der Waals surface area contributed by atoms with Crippen LogP contribution in [0, 0.1) is 5.92 Å². The number of aromatic nitrogens is 1. The molecule has 2 aliphatic heterocycles. The average molecular weight is 354 g/mol. The van der Waals surface area contributed by atoms with Crippen molar-refractivity contribution in [1.29, 1.82) is 0 Å². The number of methoxy groups -OCH3 is 1. The van der Waals surface area contributed by atoms with Crippen LogP contribution in [0.25, 0.3) is 10.9 Å². The van der Waals surface area contributed by atoms with Crippen molar-refractivity contribution in [2.24, 2.45) is 5.92 Å². The third kappa shape index (κ3) is 4.00. The lowest BCUT2D eigenvalue weighted by atomic mass is 10.1. The number of nitrogens with zero attached hydrogens (tertiary/aromatic N) is 4. The summed E-state index contributed by atoms with van der Waals surface area (Å²) in [5.74, 6) is 1.80. The molecule has 1 aromatic heterocycles. The second-order valence-corrected chi connectivity index (χ2v) is 7.83. The standard InChI is InChI=1S/C21H30N4O/c1-23-9-11-25(12-10-23)21-6-4-19-13-17(3-5-20(19)22-21)14-24-8-7-18(15-24)16-26-2/h3-6,13,18H,7-12,14-16H2,1-2H3. The third-order valence-electron chi connectivity index (χ3n) is 5.74. The number of likely N-dealkylation sites (tertiary alicyclic amines) is 1. The Hall–Kier alpha value is -1.69. The molecular formula is C21H30N4O. The van der Waals surface area contributed by atoms with E-state index in [1.165, 1.54) is 23.9 Å². The molecule has 5 nitrogen and oxygen atoms in total. The van der Waals surface area contributed by atoms with E-state index >= 15 is 0 Å². The van der Waals surface area contributed by atoms with Gasteiger partial charge in [-0.3, -0.25) is 4.90 Å². The van der Waals surface area contributed by atoms with Crippen molar-refractivity contribution >= 4 is 16.7 Å². The zero-order valence-corrected chi connectivity index (χ0v) is 16.0. The fraction of sp³-hybridized carbons (Fsp3) is 0.571. The molecule has 2 fully saturated rings. The maximum Gasteiger partial charge on any atom is 0.129 e. The van der Waals surface area contributed by atoms with Crippen molar-refractivity contribution in [2.45, 2.75) is 13.0 Å². The number of anilines is 1. The van der Waals surface area contributed by atoms with Crippen LogP contribution in [-0.4, -0.2) is 74.8 Å². The van der Waals surface area contributed by atoms with E-state index in [4.69, 9.17) is 9.72 Å². The molecule has 5 heteroatoms. The van der Waals surface area contributed by atoms with E-state index in [1.807, 2.05) is 0 Å². The van der Waals surface area contributed by atoms with Gasteiger partial charge in [-0.25, -0.2) is 4.98 Å². The van der Waals surface area contributed by atoms with Gasteiger partial charge in [0.25, 0.3) is 0 Å². The Kier molecular flexibility index (Phi) is 5.38. The largest absolute Gasteiger partial charge is 0.384 e. The minimum Gasteiger partial charge on any atom is -0.384 e. The number of hydrogen-bond acceptors (Lipinski definition) is 5. The fourth-order valence-corrected chi connectivity index (χ4v) is 4.16. The van der Waals surface area contributed by atoms with Crippen LogP contribution in [0.15, 0.2) is 30.3 Å². The normalized spacial score (nSPS) is 22.4. The van der Waals surface area contributed by atoms with Gasteiger partial charge in [0.2, 0.25) is 0 Å². The molecule has 3 heterocycles. The molecule has 0 spiro atoms. The summed E-state index contributed by atoms with van der Waals surface area (Å²) in [4.78, 5) is 12.2. The van der Waals surface area contributed by atoms with E-state index < -0.39 is 0 Å². The number of hydrogen-bond donors (Lipinski definition) is 0. The van der Waals surface area contributed by atoms with Crippen LogP contribution in [0.4, 0.5) is 5.82 Å². The molecule has 26 heavy (non-hydrogen) atoms. The van der Waals surface area contributed by atoms with Crippen molar-refractivity contribution in [3.8, 4) is 0 Å². The van der Waals surface area contributed by atoms with Gasteiger partial charge in [-0.1, -0.05) is 6.07 Å². The van der Waals surface area contributed by atoms with Gasteiger partial charge in [-0.2, -0.15) is 0 Å². The van der Waals surface area contributed by atoms with Crippen molar-refractivity contribution in [1.82, 2.24) is 14.8 Å². The van der Waals surface area contributed by atoms with Crippen molar-refractivity contribution in [2.75, 3.05) is 64.9 Å². The third-order valence-corrected chi connectivity index (χ3v) is 5.74. The maximum absolute atomic E-state index is 5.31. The summed E-state index contributed by atoms with van der Waals surface area (Å²) in [7, 11) is 3.99. The molecular weight excluding hydrogens is 324 g/mol. The minimum absolute atomic E-state index is 0.688. The molecule has 2 aliphatic rings. The number of piperazine rings is 1. The number of fused-ring (bicyclic) bond motifs is 1. The number of likely N-dealkylation sites (N-methyl/N-ethyl adjacent to an activating group) is 1. The minimum atomic E-state index is 0.688. The summed E-state index contributed by atoms with van der Waals surface area (Å²) in [6.45, 7) is 8.56. The zero-order valence-electron chi connectivity index (χ0n) is 16.0. The molecule has 0 radical (unpaired) electrons. The average Bonchev–Trinajstić information content (AvgIpc) is 3.09. The van der Waals surface area contributed by atoms with Crippen LogP contribution in [-0.2, 0) is 11.3 Å². The van der Waals surface area contributed by atoms with Gasteiger partial charge >= 0.3 is 0 Å². The predicted molar refractivity (Wildman–Crippen MR) is 107 cm³/mol. The molecule has 1 atom stereocenters. The van der Waals surface area contributed by atoms with Gasteiger partial charge in [0.1, 0.15) is 5.82 Å². The van der Waals surface area contributed by atoms with Crippen molar-refractivity contribution in [3.05, 3.63) is 35.9 Å². The summed E-state index contributed by atoms with van der Waals surface area (Å²) in [6.07, 6.45) is 1.25. The topological polar surface area (TPSA) is 31.8 Å². The highest BCUT2D eigenvalue weighted by atomic mass is 16.5. The van der Waals surface area contributed by atoms with Gasteiger partial charge in [0.05, 0.1) is 12.1 Å². The van der Waals surface area contributed by atoms with Crippen LogP contribution < -0.4 is 4.90 Å². The fourth-order valence-electron chi connectivity index (χ4n) is 4.16. The van der Waals surface area contributed by atoms with Crippen LogP contribution in [0.1, 0.15) is 12.0 Å². The lowest BCUT2D eigenvalue weighted by Crippen LogP contribution is -2.44. The van der Waals surface area contributed by atoms with E-state index in [0.717, 1.165) is 57.2 Å². The van der Waals surface area contributed by atoms with E-state index in [1.54, 1.807) is 7.11 Å². The highest BCUT2D eigenvalue weighted by Crippen LogP contribution is 2.23. The monoisotopic (exact) mass is 354 g/mol. The van der Waals surface area contributed by atoms with E-state index in [0.29, 0.717) is 5.92 Å². The van der Waals surface area contributed by atoms with Crippen LogP contribution in [0.5, 0.6) is 0 Å². The van der Waals surface area contributed by atoms with Crippen LogP contribution in [0.3, 0.4) is 0 Å². The van der Waals surface area contributed by atoms with Crippen LogP contribution >= 0.6 is 0 Å². The predicted octanol–water partition coefficient (Wildman–Crippen LogP) is 2.45. The molecule has 1 unspecified atom stereocenters. The Morgan fingerprint density at radius 1 is 1.08 bits per heavy atom. The van der Waals surface area contributed by atoms with Gasteiger partial charge in [0.15, 0.2) is 0 Å². The molecule has 4 rings (SSSR count). The Bertz CT molecular complexity index is 742. The van der Waals surface area contributed by atoms with Gasteiger partial charge in [-0.15, -0.1) is 0 Å². The summed E-state index contributed by atoms with van der Waals surface area (Å²) in [6, 6.07) is 11.2. The summed E-state index contributed by atoms with van der Waals surface area (Å²) in [5, 5.41) is 1.24.